The molecule has 0 saturated carbocycles. The van der Waals surface area contributed by atoms with E-state index in [1.165, 1.54) is 6.21 Å². The third kappa shape index (κ3) is 4.46. The molecule has 5 nitrogen and oxygen atoms in total. The molecule has 27 heavy (non-hydrogen) atoms. The van der Waals surface area contributed by atoms with Crippen LogP contribution in [0.3, 0.4) is 0 Å². The Balaban J connectivity index is 1.71. The number of hydrazone groups is 1. The van der Waals surface area contributed by atoms with Crippen LogP contribution in [0.1, 0.15) is 18.9 Å². The number of para-hydroxylation sites is 1. The predicted molar refractivity (Wildman–Crippen MR) is 110 cm³/mol. The Morgan fingerprint density at radius 2 is 1.93 bits per heavy atom. The molecule has 3 aromatic rings. The van der Waals surface area contributed by atoms with E-state index in [1.807, 2.05) is 43.3 Å². The number of hydrogen-bond donors (Lipinski definition) is 2. The lowest BCUT2D eigenvalue weighted by molar-refractivity contribution is -0.128. The predicted octanol–water partition coefficient (Wildman–Crippen LogP) is 4.62. The summed E-state index contributed by atoms with van der Waals surface area (Å²) in [6.45, 7) is 1.87. The number of carbonyl (C=O) groups is 1. The Kier molecular flexibility index (Phi) is 6.08. The van der Waals surface area contributed by atoms with Crippen LogP contribution < -0.4 is 10.2 Å². The normalized spacial score (nSPS) is 12.2. The molecule has 1 atom stereocenters. The van der Waals surface area contributed by atoms with Crippen molar-refractivity contribution in [1.29, 1.82) is 0 Å². The lowest BCUT2D eigenvalue weighted by Gasteiger charge is -2.17. The second kappa shape index (κ2) is 8.68. The largest absolute Gasteiger partial charge is 0.507 e. The first-order valence-corrected chi connectivity index (χ1v) is 9.34. The highest BCUT2D eigenvalue weighted by Crippen LogP contribution is 2.33. The van der Waals surface area contributed by atoms with Crippen molar-refractivity contribution in [2.75, 3.05) is 0 Å². The van der Waals surface area contributed by atoms with Crippen molar-refractivity contribution >= 4 is 38.8 Å². The fourth-order valence-corrected chi connectivity index (χ4v) is 3.20. The molecule has 0 aromatic heterocycles. The van der Waals surface area contributed by atoms with Gasteiger partial charge in [0.1, 0.15) is 11.5 Å². The van der Waals surface area contributed by atoms with Gasteiger partial charge in [0.05, 0.1) is 10.7 Å². The van der Waals surface area contributed by atoms with E-state index in [0.29, 0.717) is 17.7 Å². The molecule has 0 spiro atoms. The van der Waals surface area contributed by atoms with Gasteiger partial charge in [-0.3, -0.25) is 4.79 Å². The highest BCUT2D eigenvalue weighted by atomic mass is 79.9. The number of fused-ring (bicyclic) bond motifs is 1. The maximum absolute atomic E-state index is 12.4. The van der Waals surface area contributed by atoms with Crippen molar-refractivity contribution in [3.63, 3.8) is 0 Å². The van der Waals surface area contributed by atoms with Gasteiger partial charge in [0.2, 0.25) is 0 Å². The molecular weight excluding hydrogens is 408 g/mol. The van der Waals surface area contributed by atoms with Gasteiger partial charge in [-0.05, 0) is 51.3 Å². The van der Waals surface area contributed by atoms with Crippen molar-refractivity contribution < 1.29 is 14.6 Å². The molecule has 0 aliphatic heterocycles. The number of halogens is 1. The third-order valence-electron chi connectivity index (χ3n) is 4.08. The minimum atomic E-state index is -0.691. The minimum absolute atomic E-state index is 0.0962. The summed E-state index contributed by atoms with van der Waals surface area (Å²) in [7, 11) is 0. The number of ether oxygens (including phenoxy) is 1. The lowest BCUT2D eigenvalue weighted by Crippen LogP contribution is -2.35. The molecule has 0 saturated heterocycles. The summed E-state index contributed by atoms with van der Waals surface area (Å²) in [6.07, 6.45) is 1.19. The number of aromatic hydroxyl groups is 1. The summed E-state index contributed by atoms with van der Waals surface area (Å²) in [6, 6.07) is 18.5. The number of nitrogens with zero attached hydrogens (tertiary/aromatic N) is 1. The SMILES string of the molecule is CC[C@@H](Oc1ccc2ccccc2c1Br)C(=O)N/N=C\c1ccccc1O. The Labute approximate surface area is 165 Å². The minimum Gasteiger partial charge on any atom is -0.507 e. The Morgan fingerprint density at radius 1 is 1.19 bits per heavy atom. The molecule has 0 fully saturated rings. The molecule has 0 aliphatic carbocycles. The first-order chi connectivity index (χ1) is 13.1. The zero-order chi connectivity index (χ0) is 19.2. The summed E-state index contributed by atoms with van der Waals surface area (Å²) < 4.78 is 6.72. The van der Waals surface area contributed by atoms with Gasteiger partial charge in [0.15, 0.2) is 6.10 Å². The Morgan fingerprint density at radius 3 is 2.70 bits per heavy atom. The van der Waals surface area contributed by atoms with Crippen molar-refractivity contribution in [2.24, 2.45) is 5.10 Å². The summed E-state index contributed by atoms with van der Waals surface area (Å²) in [5, 5.41) is 15.7. The van der Waals surface area contributed by atoms with Crippen molar-refractivity contribution in [1.82, 2.24) is 5.43 Å². The molecule has 0 aliphatic rings. The van der Waals surface area contributed by atoms with Crippen LogP contribution in [-0.4, -0.2) is 23.3 Å². The maximum atomic E-state index is 12.4. The van der Waals surface area contributed by atoms with Crippen LogP contribution in [0.5, 0.6) is 11.5 Å². The summed E-state index contributed by atoms with van der Waals surface area (Å²) in [5.41, 5.74) is 2.98. The Bertz CT molecular complexity index is 988. The van der Waals surface area contributed by atoms with E-state index >= 15 is 0 Å². The topological polar surface area (TPSA) is 70.9 Å². The van der Waals surface area contributed by atoms with Crippen LogP contribution in [0.25, 0.3) is 10.8 Å². The maximum Gasteiger partial charge on any atom is 0.281 e. The van der Waals surface area contributed by atoms with E-state index in [-0.39, 0.29) is 11.7 Å². The molecule has 0 unspecified atom stereocenters. The van der Waals surface area contributed by atoms with E-state index < -0.39 is 6.10 Å². The summed E-state index contributed by atoms with van der Waals surface area (Å²) in [4.78, 5) is 12.4. The number of phenols is 1. The lowest BCUT2D eigenvalue weighted by atomic mass is 10.1. The van der Waals surface area contributed by atoms with E-state index in [2.05, 4.69) is 26.5 Å². The highest BCUT2D eigenvalue weighted by molar-refractivity contribution is 9.10. The number of amides is 1. The van der Waals surface area contributed by atoms with Crippen LogP contribution in [0, 0.1) is 0 Å². The fourth-order valence-electron chi connectivity index (χ4n) is 2.61. The fraction of sp³-hybridized carbons (Fsp3) is 0.143. The van der Waals surface area contributed by atoms with Gasteiger partial charge in [0.25, 0.3) is 5.91 Å². The third-order valence-corrected chi connectivity index (χ3v) is 4.89. The number of phenolic OH excluding ortho intramolecular Hbond substituents is 1. The number of benzene rings is 3. The molecule has 0 radical (unpaired) electrons. The van der Waals surface area contributed by atoms with Crippen molar-refractivity contribution in [3.8, 4) is 11.5 Å². The second-order valence-electron chi connectivity index (χ2n) is 5.91. The van der Waals surface area contributed by atoms with Crippen LogP contribution in [0.2, 0.25) is 0 Å². The van der Waals surface area contributed by atoms with Gasteiger partial charge in [0, 0.05) is 5.56 Å². The van der Waals surface area contributed by atoms with Gasteiger partial charge >= 0.3 is 0 Å². The quantitative estimate of drug-likeness (QED) is 0.446. The first-order valence-electron chi connectivity index (χ1n) is 8.55. The van der Waals surface area contributed by atoms with Crippen molar-refractivity contribution in [3.05, 3.63) is 70.7 Å². The number of hydrogen-bond acceptors (Lipinski definition) is 4. The smallest absolute Gasteiger partial charge is 0.281 e. The van der Waals surface area contributed by atoms with Crippen LogP contribution in [0.15, 0.2) is 70.2 Å². The van der Waals surface area contributed by atoms with E-state index in [9.17, 15) is 9.90 Å². The van der Waals surface area contributed by atoms with Gasteiger partial charge in [-0.2, -0.15) is 5.10 Å². The zero-order valence-electron chi connectivity index (χ0n) is 14.7. The molecule has 3 rings (SSSR count). The molecule has 0 bridgehead atoms. The molecule has 0 heterocycles. The highest BCUT2D eigenvalue weighted by Gasteiger charge is 2.19. The van der Waals surface area contributed by atoms with Gasteiger partial charge in [-0.1, -0.05) is 49.4 Å². The second-order valence-corrected chi connectivity index (χ2v) is 6.70. The first kappa shape index (κ1) is 18.9. The Hall–Kier alpha value is -2.86. The van der Waals surface area contributed by atoms with Gasteiger partial charge in [-0.15, -0.1) is 0 Å². The van der Waals surface area contributed by atoms with Gasteiger partial charge in [-0.25, -0.2) is 5.43 Å². The number of nitrogens with one attached hydrogen (secondary N) is 1. The monoisotopic (exact) mass is 426 g/mol. The summed E-state index contributed by atoms with van der Waals surface area (Å²) >= 11 is 3.57. The van der Waals surface area contributed by atoms with Crippen molar-refractivity contribution in [2.45, 2.75) is 19.4 Å². The van der Waals surface area contributed by atoms with E-state index in [4.69, 9.17) is 4.74 Å². The van der Waals surface area contributed by atoms with E-state index in [1.54, 1.807) is 24.3 Å². The molecule has 2 N–H and O–H groups in total. The number of rotatable bonds is 6. The van der Waals surface area contributed by atoms with E-state index in [0.717, 1.165) is 15.2 Å². The molecule has 138 valence electrons. The molecular formula is C21H19BrN2O3. The molecule has 3 aromatic carbocycles. The molecule has 1 amide bonds. The average molecular weight is 427 g/mol. The standard InChI is InChI=1S/C21H19BrN2O3/c1-2-18(21(26)24-23-13-15-8-4-6-10-17(15)25)27-19-12-11-14-7-3-5-9-16(14)20(19)22/h3-13,18,25H,2H2,1H3,(H,24,26)/b23-13-/t18-/m1/s1. The average Bonchev–Trinajstić information content (AvgIpc) is 2.69. The zero-order valence-corrected chi connectivity index (χ0v) is 16.3. The summed E-state index contributed by atoms with van der Waals surface area (Å²) in [5.74, 6) is 0.337. The van der Waals surface area contributed by atoms with Crippen LogP contribution in [0.4, 0.5) is 0 Å². The van der Waals surface area contributed by atoms with Crippen LogP contribution >= 0.6 is 15.9 Å². The van der Waals surface area contributed by atoms with Crippen LogP contribution in [-0.2, 0) is 4.79 Å². The molecule has 6 heteroatoms. The number of carbonyl (C=O) groups excluding carboxylic acids is 1. The van der Waals surface area contributed by atoms with Gasteiger partial charge < -0.3 is 9.84 Å².